The van der Waals surface area contributed by atoms with Gasteiger partial charge in [-0.15, -0.1) is 0 Å². The Balaban J connectivity index is 2.25. The van der Waals surface area contributed by atoms with E-state index in [2.05, 4.69) is 27.8 Å². The molecule has 0 fully saturated rings. The van der Waals surface area contributed by atoms with Crippen LogP contribution in [-0.2, 0) is 0 Å². The molecule has 18 heavy (non-hydrogen) atoms. The Hall–Kier alpha value is -1.79. The monoisotopic (exact) mass is 304 g/mol. The van der Waals surface area contributed by atoms with Gasteiger partial charge in [0.25, 0.3) is 0 Å². The van der Waals surface area contributed by atoms with E-state index in [1.54, 1.807) is 19.2 Å². The molecule has 0 unspecified atom stereocenters. The molecule has 0 saturated heterocycles. The fraction of sp³-hybridized carbons (Fsp3) is 0.0667. The van der Waals surface area contributed by atoms with Crippen molar-refractivity contribution in [1.82, 2.24) is 0 Å². The quantitative estimate of drug-likeness (QED) is 0.724. The fourth-order valence-electron chi connectivity index (χ4n) is 1.40. The van der Waals surface area contributed by atoms with Crippen molar-refractivity contribution in [1.29, 1.82) is 0 Å². The van der Waals surface area contributed by atoms with Crippen LogP contribution in [0.4, 0.5) is 4.39 Å². The largest absolute Gasteiger partial charge is 0.497 e. The molecule has 90 valence electrons. The summed E-state index contributed by atoms with van der Waals surface area (Å²) < 4.78 is 19.3. The molecule has 0 aliphatic carbocycles. The first kappa shape index (κ1) is 12.7. The van der Waals surface area contributed by atoms with E-state index in [9.17, 15) is 4.39 Å². The van der Waals surface area contributed by atoms with Crippen LogP contribution in [0.5, 0.6) is 5.75 Å². The fourth-order valence-corrected chi connectivity index (χ4v) is 1.74. The number of methoxy groups -OCH3 is 1. The van der Waals surface area contributed by atoms with Crippen LogP contribution in [0, 0.1) is 17.7 Å². The smallest absolute Gasteiger partial charge is 0.139 e. The maximum Gasteiger partial charge on any atom is 0.139 e. The number of hydrogen-bond donors (Lipinski definition) is 0. The first-order chi connectivity index (χ1) is 8.69. The summed E-state index contributed by atoms with van der Waals surface area (Å²) in [7, 11) is 1.61. The van der Waals surface area contributed by atoms with Gasteiger partial charge in [0, 0.05) is 10.0 Å². The second kappa shape index (κ2) is 5.70. The lowest BCUT2D eigenvalue weighted by atomic mass is 10.1. The van der Waals surface area contributed by atoms with Crippen molar-refractivity contribution in [2.75, 3.05) is 7.11 Å². The molecule has 0 aliphatic rings. The van der Waals surface area contributed by atoms with E-state index in [0.717, 1.165) is 11.3 Å². The zero-order valence-corrected chi connectivity index (χ0v) is 11.3. The minimum atomic E-state index is -0.328. The molecule has 0 aromatic heterocycles. The van der Waals surface area contributed by atoms with Crippen molar-refractivity contribution in [3.05, 3.63) is 63.9 Å². The second-order valence-corrected chi connectivity index (χ2v) is 4.52. The standard InChI is InChI=1S/C15H10BrFO/c1-18-14-8-3-11(4-9-14)2-5-12-6-7-13(16)10-15(12)17/h3-4,6-10H,1H3. The van der Waals surface area contributed by atoms with E-state index in [1.165, 1.54) is 6.07 Å². The second-order valence-electron chi connectivity index (χ2n) is 3.60. The predicted molar refractivity (Wildman–Crippen MR) is 73.1 cm³/mol. The number of ether oxygens (including phenoxy) is 1. The van der Waals surface area contributed by atoms with E-state index in [-0.39, 0.29) is 5.82 Å². The van der Waals surface area contributed by atoms with Crippen LogP contribution in [-0.4, -0.2) is 7.11 Å². The van der Waals surface area contributed by atoms with Gasteiger partial charge in [-0.1, -0.05) is 27.8 Å². The molecule has 0 amide bonds. The van der Waals surface area contributed by atoms with Crippen molar-refractivity contribution < 1.29 is 9.13 Å². The molecular formula is C15H10BrFO. The minimum absolute atomic E-state index is 0.328. The van der Waals surface area contributed by atoms with Gasteiger partial charge in [-0.05, 0) is 42.5 Å². The molecule has 0 spiro atoms. The molecule has 1 nitrogen and oxygen atoms in total. The van der Waals surface area contributed by atoms with Crippen LogP contribution < -0.4 is 4.74 Å². The molecule has 0 N–H and O–H groups in total. The van der Waals surface area contributed by atoms with Crippen molar-refractivity contribution in [3.63, 3.8) is 0 Å². The Kier molecular flexibility index (Phi) is 4.01. The summed E-state index contributed by atoms with van der Waals surface area (Å²) in [5, 5.41) is 0. The van der Waals surface area contributed by atoms with E-state index < -0.39 is 0 Å². The summed E-state index contributed by atoms with van der Waals surface area (Å²) in [5.41, 5.74) is 1.20. The average Bonchev–Trinajstić information content (AvgIpc) is 2.38. The van der Waals surface area contributed by atoms with Crippen LogP contribution in [0.3, 0.4) is 0 Å². The molecule has 0 radical (unpaired) electrons. The highest BCUT2D eigenvalue weighted by molar-refractivity contribution is 9.10. The van der Waals surface area contributed by atoms with E-state index >= 15 is 0 Å². The van der Waals surface area contributed by atoms with Gasteiger partial charge in [0.05, 0.1) is 12.7 Å². The van der Waals surface area contributed by atoms with Gasteiger partial charge >= 0.3 is 0 Å². The van der Waals surface area contributed by atoms with Crippen LogP contribution in [0.15, 0.2) is 46.9 Å². The summed E-state index contributed by atoms with van der Waals surface area (Å²) in [6.45, 7) is 0. The van der Waals surface area contributed by atoms with E-state index in [1.807, 2.05) is 24.3 Å². The number of hydrogen-bond acceptors (Lipinski definition) is 1. The summed E-state index contributed by atoms with van der Waals surface area (Å²) in [4.78, 5) is 0. The Bertz CT molecular complexity index is 609. The summed E-state index contributed by atoms with van der Waals surface area (Å²) in [6, 6.07) is 12.1. The van der Waals surface area contributed by atoms with Gasteiger partial charge in [0.1, 0.15) is 11.6 Å². The maximum atomic E-state index is 13.5. The number of rotatable bonds is 1. The van der Waals surface area contributed by atoms with Crippen LogP contribution in [0.2, 0.25) is 0 Å². The van der Waals surface area contributed by atoms with Crippen molar-refractivity contribution in [2.24, 2.45) is 0 Å². The minimum Gasteiger partial charge on any atom is -0.497 e. The van der Waals surface area contributed by atoms with Gasteiger partial charge < -0.3 is 4.74 Å². The lowest BCUT2D eigenvalue weighted by Gasteiger charge is -1.98. The highest BCUT2D eigenvalue weighted by atomic mass is 79.9. The highest BCUT2D eigenvalue weighted by Gasteiger charge is 1.98. The summed E-state index contributed by atoms with van der Waals surface area (Å²) >= 11 is 3.21. The molecule has 3 heteroatoms. The van der Waals surface area contributed by atoms with E-state index in [0.29, 0.717) is 10.0 Å². The first-order valence-corrected chi connectivity index (χ1v) is 6.09. The lowest BCUT2D eigenvalue weighted by molar-refractivity contribution is 0.415. The van der Waals surface area contributed by atoms with Crippen molar-refractivity contribution >= 4 is 15.9 Å². The lowest BCUT2D eigenvalue weighted by Crippen LogP contribution is -1.84. The molecule has 0 saturated carbocycles. The predicted octanol–water partition coefficient (Wildman–Crippen LogP) is 4.00. The molecule has 2 aromatic rings. The Morgan fingerprint density at radius 2 is 1.78 bits per heavy atom. The SMILES string of the molecule is COc1ccc(C#Cc2ccc(Br)cc2F)cc1. The third-order valence-electron chi connectivity index (χ3n) is 2.36. The number of halogens is 2. The molecule has 0 atom stereocenters. The Morgan fingerprint density at radius 3 is 2.39 bits per heavy atom. The zero-order chi connectivity index (χ0) is 13.0. The molecular weight excluding hydrogens is 295 g/mol. The van der Waals surface area contributed by atoms with Gasteiger partial charge in [0.2, 0.25) is 0 Å². The third kappa shape index (κ3) is 3.12. The van der Waals surface area contributed by atoms with Gasteiger partial charge in [0.15, 0.2) is 0 Å². The summed E-state index contributed by atoms with van der Waals surface area (Å²) in [5.74, 6) is 6.16. The molecule has 0 heterocycles. The van der Waals surface area contributed by atoms with Crippen LogP contribution >= 0.6 is 15.9 Å². The van der Waals surface area contributed by atoms with Gasteiger partial charge in [-0.3, -0.25) is 0 Å². The van der Waals surface area contributed by atoms with E-state index in [4.69, 9.17) is 4.74 Å². The normalized spacial score (nSPS) is 9.50. The molecule has 2 rings (SSSR count). The van der Waals surface area contributed by atoms with Gasteiger partial charge in [-0.2, -0.15) is 0 Å². The molecule has 0 bridgehead atoms. The van der Waals surface area contributed by atoms with Crippen molar-refractivity contribution in [2.45, 2.75) is 0 Å². The van der Waals surface area contributed by atoms with Gasteiger partial charge in [-0.25, -0.2) is 4.39 Å². The first-order valence-electron chi connectivity index (χ1n) is 5.30. The Morgan fingerprint density at radius 1 is 1.06 bits per heavy atom. The van der Waals surface area contributed by atoms with Crippen LogP contribution in [0.1, 0.15) is 11.1 Å². The summed E-state index contributed by atoms with van der Waals surface area (Å²) in [6.07, 6.45) is 0. The third-order valence-corrected chi connectivity index (χ3v) is 2.86. The van der Waals surface area contributed by atoms with Crippen LogP contribution in [0.25, 0.3) is 0 Å². The molecule has 0 aliphatic heterocycles. The number of benzene rings is 2. The average molecular weight is 305 g/mol. The highest BCUT2D eigenvalue weighted by Crippen LogP contribution is 2.15. The van der Waals surface area contributed by atoms with Crippen molar-refractivity contribution in [3.8, 4) is 17.6 Å². The Labute approximate surface area is 114 Å². The topological polar surface area (TPSA) is 9.23 Å². The maximum absolute atomic E-state index is 13.5. The molecule has 2 aromatic carbocycles. The zero-order valence-electron chi connectivity index (χ0n) is 9.71.